The molecule has 7 N–H and O–H groups in total. The summed E-state index contributed by atoms with van der Waals surface area (Å²) in [7, 11) is 0. The van der Waals surface area contributed by atoms with E-state index < -0.39 is 30.4 Å². The van der Waals surface area contributed by atoms with Crippen molar-refractivity contribution < 1.29 is 45.3 Å². The minimum absolute atomic E-state index is 0.0809. The average molecular weight is 304 g/mol. The van der Waals surface area contributed by atoms with E-state index in [1.807, 2.05) is 0 Å². The van der Waals surface area contributed by atoms with E-state index in [2.05, 4.69) is 0 Å². The maximum atomic E-state index is 10.1. The van der Waals surface area contributed by atoms with Crippen molar-refractivity contribution in [3.05, 3.63) is 24.3 Å². The molecule has 1 aromatic carbocycles. The Morgan fingerprint density at radius 1 is 0.905 bits per heavy atom. The van der Waals surface area contributed by atoms with Crippen molar-refractivity contribution in [2.24, 2.45) is 0 Å². The smallest absolute Gasteiger partial charge is 0.335 e. The van der Waals surface area contributed by atoms with E-state index in [0.717, 1.165) is 0 Å². The van der Waals surface area contributed by atoms with Crippen LogP contribution < -0.4 is 0 Å². The number of aliphatic hydroxyl groups is 4. The summed E-state index contributed by atoms with van der Waals surface area (Å²) in [6.45, 7) is 0. The van der Waals surface area contributed by atoms with Crippen molar-refractivity contribution in [2.45, 2.75) is 24.4 Å². The van der Waals surface area contributed by atoms with E-state index >= 15 is 0 Å². The van der Waals surface area contributed by atoms with Gasteiger partial charge in [0.2, 0.25) is 0 Å². The maximum absolute atomic E-state index is 10.1. The Morgan fingerprint density at radius 2 is 1.29 bits per heavy atom. The predicted molar refractivity (Wildman–Crippen MR) is 67.5 cm³/mol. The number of carbonyl (C=O) groups excluding carboxylic acids is 1. The van der Waals surface area contributed by atoms with Gasteiger partial charge >= 0.3 is 5.97 Å². The minimum atomic E-state index is -2.25. The quantitative estimate of drug-likeness (QED) is 0.235. The summed E-state index contributed by atoms with van der Waals surface area (Å²) in [4.78, 5) is 20.0. The minimum Gasteiger partial charge on any atom is -0.508 e. The number of phenols is 2. The first-order valence-electron chi connectivity index (χ1n) is 5.59. The molecule has 0 aliphatic rings. The van der Waals surface area contributed by atoms with Gasteiger partial charge in [0, 0.05) is 0 Å². The van der Waals surface area contributed by atoms with Crippen molar-refractivity contribution in [1.29, 1.82) is 0 Å². The van der Waals surface area contributed by atoms with Gasteiger partial charge in [-0.3, -0.25) is 0 Å². The fourth-order valence-corrected chi connectivity index (χ4v) is 1.07. The third kappa shape index (κ3) is 6.68. The molecule has 0 amide bonds. The van der Waals surface area contributed by atoms with Crippen LogP contribution in [0, 0.1) is 0 Å². The number of aromatic hydroxyl groups is 2. The lowest BCUT2D eigenvalue weighted by atomic mass is 10.0. The molecule has 21 heavy (non-hydrogen) atoms. The van der Waals surface area contributed by atoms with Crippen LogP contribution in [0.15, 0.2) is 24.3 Å². The summed E-state index contributed by atoms with van der Waals surface area (Å²) in [5.74, 6) is -1.42. The predicted octanol–water partition coefficient (Wildman–Crippen LogP) is -2.19. The number of carboxylic acids is 1. The molecule has 0 heterocycles. The summed E-state index contributed by atoms with van der Waals surface area (Å²) in [6, 6.07) is 5.70. The number of carbonyl (C=O) groups is 2. The molecule has 0 saturated heterocycles. The number of benzene rings is 1. The Balaban J connectivity index is 0.000000423. The number of hydrogen-bond acceptors (Lipinski definition) is 8. The van der Waals surface area contributed by atoms with Gasteiger partial charge in [0.1, 0.15) is 29.8 Å². The molecule has 0 unspecified atom stereocenters. The second kappa shape index (κ2) is 8.87. The van der Waals surface area contributed by atoms with Gasteiger partial charge in [-0.05, 0) is 24.3 Å². The first kappa shape index (κ1) is 18.8. The number of aliphatic hydroxyl groups excluding tert-OH is 4. The first-order chi connectivity index (χ1) is 9.70. The third-order valence-electron chi connectivity index (χ3n) is 2.27. The largest absolute Gasteiger partial charge is 0.508 e. The molecule has 0 aromatic heterocycles. The highest BCUT2D eigenvalue weighted by Crippen LogP contribution is 2.13. The van der Waals surface area contributed by atoms with Gasteiger partial charge in [-0.1, -0.05) is 0 Å². The Kier molecular flexibility index (Phi) is 7.94. The standard InChI is InChI=1S/C6H10O7.C6H6O2/c7-1-2(8)3(9)4(10)5(11)6(12)13;7-5-1-2-6(8)4-3-5/h1-5,8-11H,(H,12,13);1-4,7-8H/t2-,3+,4-,5-;/m0./s1. The summed E-state index contributed by atoms with van der Waals surface area (Å²) < 4.78 is 0. The van der Waals surface area contributed by atoms with Crippen molar-refractivity contribution in [3.8, 4) is 11.5 Å². The molecule has 0 bridgehead atoms. The Morgan fingerprint density at radius 3 is 1.57 bits per heavy atom. The maximum Gasteiger partial charge on any atom is 0.335 e. The molecule has 9 nitrogen and oxygen atoms in total. The number of carboxylic acid groups (broad SMARTS) is 1. The fraction of sp³-hybridized carbons (Fsp3) is 0.333. The Hall–Kier alpha value is -2.20. The second-order valence-electron chi connectivity index (χ2n) is 3.91. The molecular formula is C12H16O9. The lowest BCUT2D eigenvalue weighted by molar-refractivity contribution is -0.163. The molecule has 118 valence electrons. The highest BCUT2D eigenvalue weighted by atomic mass is 16.4. The van der Waals surface area contributed by atoms with Crippen molar-refractivity contribution in [2.75, 3.05) is 0 Å². The monoisotopic (exact) mass is 304 g/mol. The number of aliphatic carboxylic acids is 1. The van der Waals surface area contributed by atoms with Crippen LogP contribution in [0.25, 0.3) is 0 Å². The van der Waals surface area contributed by atoms with Gasteiger partial charge in [0.05, 0.1) is 0 Å². The molecule has 0 radical (unpaired) electrons. The van der Waals surface area contributed by atoms with E-state index in [4.69, 9.17) is 35.7 Å². The molecule has 0 aliphatic heterocycles. The van der Waals surface area contributed by atoms with Gasteiger partial charge in [-0.25, -0.2) is 4.79 Å². The Labute approximate surface area is 119 Å². The zero-order valence-corrected chi connectivity index (χ0v) is 10.6. The normalized spacial score (nSPS) is 15.8. The number of aldehydes is 1. The van der Waals surface area contributed by atoms with Gasteiger partial charge in [0.15, 0.2) is 12.4 Å². The van der Waals surface area contributed by atoms with E-state index in [1.54, 1.807) is 0 Å². The number of hydrogen-bond donors (Lipinski definition) is 7. The first-order valence-corrected chi connectivity index (χ1v) is 5.59. The van der Waals surface area contributed by atoms with Gasteiger partial charge in [-0.15, -0.1) is 0 Å². The van der Waals surface area contributed by atoms with E-state index in [-0.39, 0.29) is 17.8 Å². The second-order valence-corrected chi connectivity index (χ2v) is 3.91. The molecule has 0 saturated carbocycles. The zero-order valence-electron chi connectivity index (χ0n) is 10.6. The Bertz CT molecular complexity index is 424. The van der Waals surface area contributed by atoms with Gasteiger partial charge in [-0.2, -0.15) is 0 Å². The average Bonchev–Trinajstić information content (AvgIpc) is 2.47. The molecule has 0 fully saturated rings. The summed E-state index contributed by atoms with van der Waals surface area (Å²) in [6.07, 6.45) is -8.39. The van der Waals surface area contributed by atoms with E-state index in [0.29, 0.717) is 0 Å². The summed E-state index contributed by atoms with van der Waals surface area (Å²) in [5, 5.41) is 60.5. The van der Waals surface area contributed by atoms with Crippen LogP contribution >= 0.6 is 0 Å². The summed E-state index contributed by atoms with van der Waals surface area (Å²) >= 11 is 0. The number of phenolic OH excluding ortho intramolecular Hbond substituents is 2. The lowest BCUT2D eigenvalue weighted by Gasteiger charge is -2.21. The third-order valence-corrected chi connectivity index (χ3v) is 2.27. The molecule has 4 atom stereocenters. The molecule has 1 aromatic rings. The molecule has 9 heteroatoms. The van der Waals surface area contributed by atoms with Crippen molar-refractivity contribution in [1.82, 2.24) is 0 Å². The van der Waals surface area contributed by atoms with E-state index in [9.17, 15) is 9.59 Å². The zero-order chi connectivity index (χ0) is 16.6. The van der Waals surface area contributed by atoms with Crippen LogP contribution in [0.1, 0.15) is 0 Å². The van der Waals surface area contributed by atoms with Crippen LogP contribution in [0.5, 0.6) is 11.5 Å². The van der Waals surface area contributed by atoms with Crippen molar-refractivity contribution >= 4 is 12.3 Å². The van der Waals surface area contributed by atoms with Crippen LogP contribution in [0.4, 0.5) is 0 Å². The highest BCUT2D eigenvalue weighted by molar-refractivity contribution is 5.73. The molecular weight excluding hydrogens is 288 g/mol. The number of rotatable bonds is 5. The highest BCUT2D eigenvalue weighted by Gasteiger charge is 2.33. The molecule has 0 aliphatic carbocycles. The van der Waals surface area contributed by atoms with Crippen LogP contribution in [0.2, 0.25) is 0 Å². The van der Waals surface area contributed by atoms with Gasteiger partial charge < -0.3 is 40.5 Å². The van der Waals surface area contributed by atoms with Crippen LogP contribution in [-0.4, -0.2) is 72.4 Å². The fourth-order valence-electron chi connectivity index (χ4n) is 1.07. The summed E-state index contributed by atoms with van der Waals surface area (Å²) in [5.41, 5.74) is 0. The lowest BCUT2D eigenvalue weighted by Crippen LogP contribution is -2.48. The van der Waals surface area contributed by atoms with E-state index in [1.165, 1.54) is 24.3 Å². The topological polar surface area (TPSA) is 176 Å². The van der Waals surface area contributed by atoms with Gasteiger partial charge in [0.25, 0.3) is 0 Å². The van der Waals surface area contributed by atoms with Crippen molar-refractivity contribution in [3.63, 3.8) is 0 Å². The molecule has 1 rings (SSSR count). The van der Waals surface area contributed by atoms with Crippen LogP contribution in [0.3, 0.4) is 0 Å². The molecule has 0 spiro atoms. The SMILES string of the molecule is O=C[C@H](O)[C@@H](O)[C@H](O)[C@H](O)C(=O)O.Oc1ccc(O)cc1. The van der Waals surface area contributed by atoms with Crippen LogP contribution in [-0.2, 0) is 9.59 Å².